The molecule has 0 bridgehead atoms. The second kappa shape index (κ2) is 4.31. The van der Waals surface area contributed by atoms with Gasteiger partial charge in [0.25, 0.3) is 0 Å². The molecule has 0 aliphatic carbocycles. The zero-order valence-electron chi connectivity index (χ0n) is 8.14. The van der Waals surface area contributed by atoms with Gasteiger partial charge in [0.15, 0.2) is 0 Å². The summed E-state index contributed by atoms with van der Waals surface area (Å²) in [6.07, 6.45) is 0.991. The van der Waals surface area contributed by atoms with Crippen LogP contribution in [0, 0.1) is 6.92 Å². The van der Waals surface area contributed by atoms with E-state index in [1.165, 1.54) is 0 Å². The molecule has 2 heterocycles. The van der Waals surface area contributed by atoms with Gasteiger partial charge < -0.3 is 5.11 Å². The lowest BCUT2D eigenvalue weighted by molar-refractivity contribution is 0.219. The largest absolute Gasteiger partial charge is 0.384 e. The van der Waals surface area contributed by atoms with E-state index in [0.717, 1.165) is 16.0 Å². The smallest absolute Gasteiger partial charge is 0.129 e. The summed E-state index contributed by atoms with van der Waals surface area (Å²) in [4.78, 5) is 5.07. The lowest BCUT2D eigenvalue weighted by Gasteiger charge is -2.10. The second-order valence-corrected chi connectivity index (χ2v) is 4.76. The first-order valence-corrected chi connectivity index (χ1v) is 5.78. The Kier molecular flexibility index (Phi) is 3.05. The predicted octanol–water partition coefficient (Wildman–Crippen LogP) is 3.19. The van der Waals surface area contributed by atoms with Gasteiger partial charge in [0.1, 0.15) is 11.3 Å². The molecular formula is C11H10ClNOS. The monoisotopic (exact) mass is 239 g/mol. The Labute approximate surface area is 97.2 Å². The molecule has 0 saturated carbocycles. The molecule has 2 rings (SSSR count). The summed E-state index contributed by atoms with van der Waals surface area (Å²) in [5.41, 5.74) is 1.70. The topological polar surface area (TPSA) is 33.1 Å². The Morgan fingerprint density at radius 2 is 2.20 bits per heavy atom. The van der Waals surface area contributed by atoms with E-state index < -0.39 is 6.10 Å². The normalized spacial score (nSPS) is 12.7. The van der Waals surface area contributed by atoms with Crippen LogP contribution in [0.3, 0.4) is 0 Å². The summed E-state index contributed by atoms with van der Waals surface area (Å²) in [7, 11) is 0. The van der Waals surface area contributed by atoms with Crippen LogP contribution in [0.15, 0.2) is 29.8 Å². The fourth-order valence-electron chi connectivity index (χ4n) is 1.41. The van der Waals surface area contributed by atoms with Gasteiger partial charge in [-0.1, -0.05) is 17.7 Å². The van der Waals surface area contributed by atoms with Gasteiger partial charge in [-0.05, 0) is 30.0 Å². The number of rotatable bonds is 2. The van der Waals surface area contributed by atoms with E-state index in [1.54, 1.807) is 29.7 Å². The van der Waals surface area contributed by atoms with Crippen LogP contribution in [0.1, 0.15) is 22.1 Å². The number of halogens is 1. The first kappa shape index (κ1) is 10.6. The minimum Gasteiger partial charge on any atom is -0.384 e. The molecule has 4 heteroatoms. The minimum atomic E-state index is -0.610. The summed E-state index contributed by atoms with van der Waals surface area (Å²) in [6.45, 7) is 1.99. The number of hydrogen-bond acceptors (Lipinski definition) is 3. The molecule has 15 heavy (non-hydrogen) atoms. The first-order chi connectivity index (χ1) is 7.18. The molecule has 1 unspecified atom stereocenters. The average Bonchev–Trinajstić information content (AvgIpc) is 2.65. The zero-order valence-corrected chi connectivity index (χ0v) is 9.72. The number of hydrogen-bond donors (Lipinski definition) is 1. The van der Waals surface area contributed by atoms with Crippen LogP contribution in [0.25, 0.3) is 0 Å². The van der Waals surface area contributed by atoms with Crippen LogP contribution >= 0.6 is 22.9 Å². The van der Waals surface area contributed by atoms with Gasteiger partial charge in [-0.2, -0.15) is 0 Å². The van der Waals surface area contributed by atoms with E-state index in [0.29, 0.717) is 5.15 Å². The standard InChI is InChI=1S/C11H10ClNOS/c1-7-9(4-5-15-7)11(14)8-2-3-10(12)13-6-8/h2-6,11,14H,1H3. The minimum absolute atomic E-state index is 0.438. The summed E-state index contributed by atoms with van der Waals surface area (Å²) < 4.78 is 0. The molecule has 0 radical (unpaired) electrons. The van der Waals surface area contributed by atoms with E-state index >= 15 is 0 Å². The van der Waals surface area contributed by atoms with Gasteiger partial charge in [0, 0.05) is 16.6 Å². The van der Waals surface area contributed by atoms with Gasteiger partial charge in [-0.3, -0.25) is 0 Å². The van der Waals surface area contributed by atoms with Crippen LogP contribution in [0.2, 0.25) is 5.15 Å². The van der Waals surface area contributed by atoms with Crippen molar-refractivity contribution in [3.63, 3.8) is 0 Å². The van der Waals surface area contributed by atoms with Crippen molar-refractivity contribution >= 4 is 22.9 Å². The molecule has 0 aliphatic heterocycles. The Balaban J connectivity index is 2.32. The maximum Gasteiger partial charge on any atom is 0.129 e. The molecule has 0 amide bonds. The van der Waals surface area contributed by atoms with Crippen molar-refractivity contribution in [3.8, 4) is 0 Å². The maximum absolute atomic E-state index is 10.1. The van der Waals surface area contributed by atoms with Gasteiger partial charge >= 0.3 is 0 Å². The highest BCUT2D eigenvalue weighted by molar-refractivity contribution is 7.10. The number of aromatic nitrogens is 1. The third kappa shape index (κ3) is 2.20. The number of nitrogens with zero attached hydrogens (tertiary/aromatic N) is 1. The highest BCUT2D eigenvalue weighted by atomic mass is 35.5. The van der Waals surface area contributed by atoms with Crippen LogP contribution in [0.4, 0.5) is 0 Å². The van der Waals surface area contributed by atoms with E-state index in [9.17, 15) is 5.11 Å². The van der Waals surface area contributed by atoms with Crippen molar-refractivity contribution < 1.29 is 5.11 Å². The number of aliphatic hydroxyl groups excluding tert-OH is 1. The van der Waals surface area contributed by atoms with Gasteiger partial charge in [-0.25, -0.2) is 4.98 Å². The Morgan fingerprint density at radius 1 is 1.40 bits per heavy atom. The van der Waals surface area contributed by atoms with Crippen molar-refractivity contribution in [3.05, 3.63) is 50.9 Å². The molecule has 78 valence electrons. The summed E-state index contributed by atoms with van der Waals surface area (Å²) in [5, 5.41) is 12.5. The molecule has 0 aromatic carbocycles. The van der Waals surface area contributed by atoms with Crippen molar-refractivity contribution in [2.45, 2.75) is 13.0 Å². The molecule has 1 atom stereocenters. The van der Waals surface area contributed by atoms with Gasteiger partial charge in [0.05, 0.1) is 0 Å². The molecule has 0 saturated heterocycles. The predicted molar refractivity (Wildman–Crippen MR) is 62.4 cm³/mol. The van der Waals surface area contributed by atoms with E-state index in [1.807, 2.05) is 18.4 Å². The van der Waals surface area contributed by atoms with Crippen LogP contribution < -0.4 is 0 Å². The fourth-order valence-corrected chi connectivity index (χ4v) is 2.25. The SMILES string of the molecule is Cc1sccc1C(O)c1ccc(Cl)nc1. The lowest BCUT2D eigenvalue weighted by atomic mass is 10.0. The first-order valence-electron chi connectivity index (χ1n) is 4.52. The number of aryl methyl sites for hydroxylation is 1. The van der Waals surface area contributed by atoms with Crippen molar-refractivity contribution in [1.82, 2.24) is 4.98 Å². The number of thiophene rings is 1. The molecule has 1 N–H and O–H groups in total. The molecule has 2 nitrogen and oxygen atoms in total. The van der Waals surface area contributed by atoms with Crippen molar-refractivity contribution in [1.29, 1.82) is 0 Å². The van der Waals surface area contributed by atoms with Crippen molar-refractivity contribution in [2.75, 3.05) is 0 Å². The molecule has 0 spiro atoms. The third-order valence-corrected chi connectivity index (χ3v) is 3.34. The van der Waals surface area contributed by atoms with Crippen LogP contribution in [-0.4, -0.2) is 10.1 Å². The highest BCUT2D eigenvalue weighted by Gasteiger charge is 2.13. The average molecular weight is 240 g/mol. The zero-order chi connectivity index (χ0) is 10.8. The number of pyridine rings is 1. The van der Waals surface area contributed by atoms with Crippen LogP contribution in [-0.2, 0) is 0 Å². The second-order valence-electron chi connectivity index (χ2n) is 3.25. The van der Waals surface area contributed by atoms with Gasteiger partial charge in [-0.15, -0.1) is 11.3 Å². The molecule has 0 fully saturated rings. The third-order valence-electron chi connectivity index (χ3n) is 2.26. The lowest BCUT2D eigenvalue weighted by Crippen LogP contribution is -1.99. The maximum atomic E-state index is 10.1. The highest BCUT2D eigenvalue weighted by Crippen LogP contribution is 2.27. The molecular weight excluding hydrogens is 230 g/mol. The van der Waals surface area contributed by atoms with E-state index in [-0.39, 0.29) is 0 Å². The Morgan fingerprint density at radius 3 is 2.73 bits per heavy atom. The van der Waals surface area contributed by atoms with E-state index in [2.05, 4.69) is 4.98 Å². The Hall–Kier alpha value is -0.900. The number of aliphatic hydroxyl groups is 1. The quantitative estimate of drug-likeness (QED) is 0.817. The summed E-state index contributed by atoms with van der Waals surface area (Å²) >= 11 is 7.31. The Bertz CT molecular complexity index is 452. The van der Waals surface area contributed by atoms with Crippen LogP contribution in [0.5, 0.6) is 0 Å². The summed E-state index contributed by atoms with van der Waals surface area (Å²) in [6, 6.07) is 5.40. The van der Waals surface area contributed by atoms with E-state index in [4.69, 9.17) is 11.6 Å². The molecule has 2 aromatic rings. The van der Waals surface area contributed by atoms with Crippen molar-refractivity contribution in [2.24, 2.45) is 0 Å². The molecule has 2 aromatic heterocycles. The van der Waals surface area contributed by atoms with Gasteiger partial charge in [0.2, 0.25) is 0 Å². The fraction of sp³-hybridized carbons (Fsp3) is 0.182. The summed E-state index contributed by atoms with van der Waals surface area (Å²) in [5.74, 6) is 0. The molecule has 0 aliphatic rings.